The average molecular weight is 379 g/mol. The van der Waals surface area contributed by atoms with Gasteiger partial charge in [-0.05, 0) is 34.7 Å². The summed E-state index contributed by atoms with van der Waals surface area (Å²) >= 11 is 0. The summed E-state index contributed by atoms with van der Waals surface area (Å²) in [6, 6.07) is 14.1. The second-order valence-corrected chi connectivity index (χ2v) is 6.37. The van der Waals surface area contributed by atoms with Crippen LogP contribution in [0.2, 0.25) is 0 Å². The van der Waals surface area contributed by atoms with Crippen LogP contribution in [-0.2, 0) is 22.6 Å². The molecule has 0 radical (unpaired) electrons. The third-order valence-electron chi connectivity index (χ3n) is 4.29. The molecule has 0 spiro atoms. The molecule has 1 aromatic heterocycles. The lowest BCUT2D eigenvalue weighted by Gasteiger charge is -2.10. The molecule has 7 heteroatoms. The van der Waals surface area contributed by atoms with Crippen molar-refractivity contribution in [1.29, 1.82) is 0 Å². The zero-order valence-electron chi connectivity index (χ0n) is 15.2. The van der Waals surface area contributed by atoms with Gasteiger partial charge in [-0.1, -0.05) is 30.3 Å². The Kier molecular flexibility index (Phi) is 6.18. The number of hydrogen-bond acceptors (Lipinski definition) is 5. The van der Waals surface area contributed by atoms with Crippen molar-refractivity contribution >= 4 is 22.6 Å². The molecule has 0 saturated carbocycles. The van der Waals surface area contributed by atoms with Crippen LogP contribution >= 0.6 is 0 Å². The van der Waals surface area contributed by atoms with Crippen LogP contribution in [0.5, 0.6) is 5.75 Å². The predicted molar refractivity (Wildman–Crippen MR) is 105 cm³/mol. The standard InChI is InChI=1S/C21H21N3O4/c22-19(21(26)27)12-24-20(25)10-14-4-6-17(7-5-14)28-13-16-3-1-2-15-11-23-9-8-18(15)16/h1-9,11,19H,10,12-13,22H2,(H,24,25)(H,26,27). The summed E-state index contributed by atoms with van der Waals surface area (Å²) in [5.74, 6) is -0.734. The number of rotatable bonds is 8. The molecule has 1 heterocycles. The first-order chi connectivity index (χ1) is 13.5. The number of carboxylic acids is 1. The number of hydrogen-bond donors (Lipinski definition) is 3. The van der Waals surface area contributed by atoms with E-state index in [0.29, 0.717) is 12.4 Å². The normalized spacial score (nSPS) is 11.8. The summed E-state index contributed by atoms with van der Waals surface area (Å²) in [7, 11) is 0. The van der Waals surface area contributed by atoms with E-state index in [0.717, 1.165) is 21.9 Å². The van der Waals surface area contributed by atoms with E-state index >= 15 is 0 Å². The number of carboxylic acid groups (broad SMARTS) is 1. The van der Waals surface area contributed by atoms with Gasteiger partial charge >= 0.3 is 5.97 Å². The first kappa shape index (κ1) is 19.3. The summed E-state index contributed by atoms with van der Waals surface area (Å²) in [5.41, 5.74) is 7.22. The van der Waals surface area contributed by atoms with Crippen molar-refractivity contribution < 1.29 is 19.4 Å². The highest BCUT2D eigenvalue weighted by atomic mass is 16.5. The van der Waals surface area contributed by atoms with Gasteiger partial charge in [0.2, 0.25) is 5.91 Å². The Hall–Kier alpha value is -3.45. The number of nitrogens with zero attached hydrogens (tertiary/aromatic N) is 1. The predicted octanol–water partition coefficient (Wildman–Crippen LogP) is 1.88. The summed E-state index contributed by atoms with van der Waals surface area (Å²) < 4.78 is 5.86. The molecule has 1 amide bonds. The van der Waals surface area contributed by atoms with Crippen LogP contribution in [0.3, 0.4) is 0 Å². The minimum Gasteiger partial charge on any atom is -0.489 e. The van der Waals surface area contributed by atoms with Crippen molar-refractivity contribution in [2.24, 2.45) is 5.73 Å². The van der Waals surface area contributed by atoms with Gasteiger partial charge in [0.25, 0.3) is 0 Å². The Labute approximate surface area is 162 Å². The number of pyridine rings is 1. The number of ether oxygens (including phenoxy) is 1. The fourth-order valence-corrected chi connectivity index (χ4v) is 2.74. The smallest absolute Gasteiger partial charge is 0.322 e. The van der Waals surface area contributed by atoms with Gasteiger partial charge in [-0.25, -0.2) is 0 Å². The zero-order valence-corrected chi connectivity index (χ0v) is 15.2. The third kappa shape index (κ3) is 5.05. The lowest BCUT2D eigenvalue weighted by Crippen LogP contribution is -2.42. The first-order valence-corrected chi connectivity index (χ1v) is 8.81. The van der Waals surface area contributed by atoms with Crippen molar-refractivity contribution in [2.45, 2.75) is 19.1 Å². The Morgan fingerprint density at radius 3 is 2.68 bits per heavy atom. The Morgan fingerprint density at radius 2 is 1.93 bits per heavy atom. The number of benzene rings is 2. The molecule has 0 saturated heterocycles. The number of fused-ring (bicyclic) bond motifs is 1. The highest BCUT2D eigenvalue weighted by Gasteiger charge is 2.12. The second kappa shape index (κ2) is 8.96. The monoisotopic (exact) mass is 379 g/mol. The summed E-state index contributed by atoms with van der Waals surface area (Å²) in [5, 5.41) is 13.4. The molecule has 2 aromatic carbocycles. The maximum absolute atomic E-state index is 11.9. The minimum absolute atomic E-state index is 0.101. The van der Waals surface area contributed by atoms with Gasteiger partial charge in [0.15, 0.2) is 0 Å². The van der Waals surface area contributed by atoms with Crippen molar-refractivity contribution in [1.82, 2.24) is 10.3 Å². The zero-order chi connectivity index (χ0) is 19.9. The molecule has 3 rings (SSSR count). The van der Waals surface area contributed by atoms with Gasteiger partial charge in [-0.3, -0.25) is 14.6 Å². The molecular formula is C21H21N3O4. The quantitative estimate of drug-likeness (QED) is 0.551. The molecule has 0 aliphatic rings. The highest BCUT2D eigenvalue weighted by Crippen LogP contribution is 2.20. The van der Waals surface area contributed by atoms with Crippen molar-refractivity contribution in [3.05, 3.63) is 72.1 Å². The highest BCUT2D eigenvalue weighted by molar-refractivity contribution is 5.84. The number of nitrogens with two attached hydrogens (primary N) is 1. The van der Waals surface area contributed by atoms with E-state index < -0.39 is 12.0 Å². The van der Waals surface area contributed by atoms with Crippen LogP contribution in [0.4, 0.5) is 0 Å². The largest absolute Gasteiger partial charge is 0.489 e. The minimum atomic E-state index is -1.15. The molecule has 0 bridgehead atoms. The van der Waals surface area contributed by atoms with Gasteiger partial charge in [0.1, 0.15) is 18.4 Å². The maximum atomic E-state index is 11.9. The van der Waals surface area contributed by atoms with Gasteiger partial charge in [0.05, 0.1) is 6.42 Å². The van der Waals surface area contributed by atoms with E-state index in [2.05, 4.69) is 10.3 Å². The van der Waals surface area contributed by atoms with E-state index in [4.69, 9.17) is 15.6 Å². The van der Waals surface area contributed by atoms with E-state index in [1.165, 1.54) is 0 Å². The Bertz CT molecular complexity index is 968. The van der Waals surface area contributed by atoms with Crippen molar-refractivity contribution in [2.75, 3.05) is 6.54 Å². The second-order valence-electron chi connectivity index (χ2n) is 6.37. The Balaban J connectivity index is 1.54. The number of aromatic nitrogens is 1. The van der Waals surface area contributed by atoms with Crippen LogP contribution < -0.4 is 15.8 Å². The van der Waals surface area contributed by atoms with Gasteiger partial charge in [0, 0.05) is 24.3 Å². The fraction of sp³-hybridized carbons (Fsp3) is 0.190. The summed E-state index contributed by atoms with van der Waals surface area (Å²) in [6.45, 7) is 0.324. The topological polar surface area (TPSA) is 115 Å². The number of carbonyl (C=O) groups is 2. The molecule has 0 aliphatic carbocycles. The SMILES string of the molecule is NC(CNC(=O)Cc1ccc(OCc2cccc3cnccc23)cc1)C(=O)O. The molecule has 144 valence electrons. The van der Waals surface area contributed by atoms with Crippen LogP contribution in [0.25, 0.3) is 10.8 Å². The molecule has 4 N–H and O–H groups in total. The lowest BCUT2D eigenvalue weighted by molar-refractivity contribution is -0.138. The first-order valence-electron chi connectivity index (χ1n) is 8.81. The maximum Gasteiger partial charge on any atom is 0.322 e. The van der Waals surface area contributed by atoms with Gasteiger partial charge < -0.3 is 20.9 Å². The molecule has 1 unspecified atom stereocenters. The molecule has 3 aromatic rings. The average Bonchev–Trinajstić information content (AvgIpc) is 2.71. The molecule has 7 nitrogen and oxygen atoms in total. The van der Waals surface area contributed by atoms with Crippen LogP contribution in [0.1, 0.15) is 11.1 Å². The number of nitrogens with one attached hydrogen (secondary N) is 1. The summed E-state index contributed by atoms with van der Waals surface area (Å²) in [4.78, 5) is 26.6. The number of aliphatic carboxylic acids is 1. The van der Waals surface area contributed by atoms with E-state index in [1.54, 1.807) is 30.5 Å². The molecular weight excluding hydrogens is 358 g/mol. The Morgan fingerprint density at radius 1 is 1.14 bits per heavy atom. The summed E-state index contributed by atoms with van der Waals surface area (Å²) in [6.07, 6.45) is 3.72. The number of amides is 1. The molecule has 1 atom stereocenters. The lowest BCUT2D eigenvalue weighted by atomic mass is 10.1. The van der Waals surface area contributed by atoms with E-state index in [1.807, 2.05) is 30.5 Å². The van der Waals surface area contributed by atoms with Crippen LogP contribution in [-0.4, -0.2) is 34.6 Å². The fourth-order valence-electron chi connectivity index (χ4n) is 2.74. The molecule has 0 fully saturated rings. The van der Waals surface area contributed by atoms with Gasteiger partial charge in [-0.2, -0.15) is 0 Å². The number of carbonyl (C=O) groups excluding carboxylic acids is 1. The van der Waals surface area contributed by atoms with E-state index in [9.17, 15) is 9.59 Å². The van der Waals surface area contributed by atoms with Gasteiger partial charge in [-0.15, -0.1) is 0 Å². The van der Waals surface area contributed by atoms with Crippen LogP contribution in [0.15, 0.2) is 60.9 Å². The van der Waals surface area contributed by atoms with E-state index in [-0.39, 0.29) is 18.9 Å². The molecule has 0 aliphatic heterocycles. The molecule has 28 heavy (non-hydrogen) atoms. The van der Waals surface area contributed by atoms with Crippen LogP contribution in [0, 0.1) is 0 Å². The van der Waals surface area contributed by atoms with Crippen molar-refractivity contribution in [3.8, 4) is 5.75 Å². The third-order valence-corrected chi connectivity index (χ3v) is 4.29. The van der Waals surface area contributed by atoms with Crippen molar-refractivity contribution in [3.63, 3.8) is 0 Å².